The van der Waals surface area contributed by atoms with Crippen molar-refractivity contribution in [2.75, 3.05) is 7.05 Å². The Balaban J connectivity index is 2.71. The SMILES string of the molecule is CNCc1nc2ccccc2c(C)[n+]1[O-]. The largest absolute Gasteiger partial charge is 0.711 e. The molecule has 1 heterocycles. The third kappa shape index (κ3) is 1.64. The quantitative estimate of drug-likeness (QED) is 0.582. The molecule has 2 rings (SSSR count). The first-order valence-corrected chi connectivity index (χ1v) is 4.86. The van der Waals surface area contributed by atoms with Crippen molar-refractivity contribution in [3.8, 4) is 0 Å². The molecule has 4 heteroatoms. The predicted molar refractivity (Wildman–Crippen MR) is 58.2 cm³/mol. The molecule has 0 radical (unpaired) electrons. The van der Waals surface area contributed by atoms with E-state index in [2.05, 4.69) is 10.3 Å². The molecule has 1 aromatic heterocycles. The molecule has 0 aliphatic carbocycles. The summed E-state index contributed by atoms with van der Waals surface area (Å²) in [5.74, 6) is 0.508. The molecule has 0 aliphatic heterocycles. The zero-order valence-corrected chi connectivity index (χ0v) is 8.82. The Hall–Kier alpha value is -1.68. The van der Waals surface area contributed by atoms with Gasteiger partial charge in [0.2, 0.25) is 0 Å². The van der Waals surface area contributed by atoms with Gasteiger partial charge in [0.25, 0.3) is 0 Å². The predicted octanol–water partition coefficient (Wildman–Crippen LogP) is 0.896. The summed E-state index contributed by atoms with van der Waals surface area (Å²) in [6.07, 6.45) is 0. The summed E-state index contributed by atoms with van der Waals surface area (Å²) in [7, 11) is 1.80. The van der Waals surface area contributed by atoms with Gasteiger partial charge in [0.15, 0.2) is 5.52 Å². The molecule has 0 spiro atoms. The fourth-order valence-electron chi connectivity index (χ4n) is 1.63. The average Bonchev–Trinajstić information content (AvgIpc) is 2.26. The summed E-state index contributed by atoms with van der Waals surface area (Å²) in [6.45, 7) is 2.30. The monoisotopic (exact) mass is 203 g/mol. The highest BCUT2D eigenvalue weighted by molar-refractivity contribution is 5.79. The molecule has 2 aromatic rings. The summed E-state index contributed by atoms with van der Waals surface area (Å²) < 4.78 is 0.888. The lowest BCUT2D eigenvalue weighted by Gasteiger charge is -2.10. The van der Waals surface area contributed by atoms with Gasteiger partial charge in [0.05, 0.1) is 5.39 Å². The van der Waals surface area contributed by atoms with Crippen LogP contribution in [-0.4, -0.2) is 12.0 Å². The van der Waals surface area contributed by atoms with Crippen LogP contribution < -0.4 is 10.0 Å². The Morgan fingerprint density at radius 3 is 2.87 bits per heavy atom. The molecule has 1 aromatic carbocycles. The van der Waals surface area contributed by atoms with Crippen molar-refractivity contribution in [2.24, 2.45) is 0 Å². The zero-order chi connectivity index (χ0) is 10.8. The second kappa shape index (κ2) is 3.82. The van der Waals surface area contributed by atoms with Crippen molar-refractivity contribution < 1.29 is 4.73 Å². The number of rotatable bonds is 2. The van der Waals surface area contributed by atoms with Crippen LogP contribution in [0.3, 0.4) is 0 Å². The second-order valence-electron chi connectivity index (χ2n) is 3.46. The first kappa shape index (κ1) is 9.86. The van der Waals surface area contributed by atoms with Crippen LogP contribution in [0.15, 0.2) is 24.3 Å². The number of nitrogens with zero attached hydrogens (tertiary/aromatic N) is 2. The molecule has 0 aliphatic rings. The van der Waals surface area contributed by atoms with Crippen LogP contribution >= 0.6 is 0 Å². The summed E-state index contributed by atoms with van der Waals surface area (Å²) in [5, 5.41) is 15.6. The molecule has 78 valence electrons. The lowest BCUT2D eigenvalue weighted by atomic mass is 10.2. The van der Waals surface area contributed by atoms with Gasteiger partial charge in [0, 0.05) is 0 Å². The van der Waals surface area contributed by atoms with Crippen LogP contribution in [0, 0.1) is 12.1 Å². The van der Waals surface area contributed by atoms with Gasteiger partial charge in [-0.2, -0.15) is 0 Å². The van der Waals surface area contributed by atoms with Crippen LogP contribution in [0.5, 0.6) is 0 Å². The minimum absolute atomic E-state index is 0.481. The topological polar surface area (TPSA) is 51.9 Å². The van der Waals surface area contributed by atoms with E-state index in [-0.39, 0.29) is 0 Å². The summed E-state index contributed by atoms with van der Waals surface area (Å²) in [6, 6.07) is 7.67. The van der Waals surface area contributed by atoms with E-state index >= 15 is 0 Å². The van der Waals surface area contributed by atoms with Crippen LogP contribution in [-0.2, 0) is 6.54 Å². The number of hydrogen-bond acceptors (Lipinski definition) is 3. The lowest BCUT2D eigenvalue weighted by molar-refractivity contribution is -0.622. The van der Waals surface area contributed by atoms with E-state index in [0.717, 1.165) is 15.6 Å². The third-order valence-corrected chi connectivity index (χ3v) is 2.42. The van der Waals surface area contributed by atoms with E-state index in [9.17, 15) is 5.21 Å². The maximum Gasteiger partial charge on any atom is 0.316 e. The van der Waals surface area contributed by atoms with E-state index in [1.54, 1.807) is 7.05 Å². The number of hydrogen-bond donors (Lipinski definition) is 1. The van der Waals surface area contributed by atoms with Gasteiger partial charge in [-0.25, -0.2) is 4.73 Å². The Morgan fingerprint density at radius 1 is 1.40 bits per heavy atom. The summed E-state index contributed by atoms with van der Waals surface area (Å²) in [4.78, 5) is 4.31. The van der Waals surface area contributed by atoms with Crippen LogP contribution in [0.1, 0.15) is 11.5 Å². The highest BCUT2D eigenvalue weighted by Gasteiger charge is 2.13. The van der Waals surface area contributed by atoms with E-state index in [4.69, 9.17) is 0 Å². The molecule has 0 fully saturated rings. The Labute approximate surface area is 88.2 Å². The first-order valence-electron chi connectivity index (χ1n) is 4.86. The molecule has 1 N–H and O–H groups in total. The van der Waals surface area contributed by atoms with Crippen LogP contribution in [0.4, 0.5) is 0 Å². The van der Waals surface area contributed by atoms with Crippen molar-refractivity contribution >= 4 is 10.9 Å². The highest BCUT2D eigenvalue weighted by Crippen LogP contribution is 2.12. The maximum atomic E-state index is 11.8. The zero-order valence-electron chi connectivity index (χ0n) is 8.82. The molecule has 4 nitrogen and oxygen atoms in total. The van der Waals surface area contributed by atoms with Gasteiger partial charge in [0.1, 0.15) is 12.2 Å². The summed E-state index contributed by atoms with van der Waals surface area (Å²) in [5.41, 5.74) is 1.57. The molecule has 0 saturated heterocycles. The molecule has 0 unspecified atom stereocenters. The highest BCUT2D eigenvalue weighted by atomic mass is 16.5. The second-order valence-corrected chi connectivity index (χ2v) is 3.46. The first-order chi connectivity index (χ1) is 7.24. The minimum atomic E-state index is 0.481. The van der Waals surface area contributed by atoms with Crippen LogP contribution in [0.25, 0.3) is 10.9 Å². The van der Waals surface area contributed by atoms with Crippen molar-refractivity contribution in [3.63, 3.8) is 0 Å². The van der Waals surface area contributed by atoms with E-state index < -0.39 is 0 Å². The molecule has 0 bridgehead atoms. The maximum absolute atomic E-state index is 11.8. The smallest absolute Gasteiger partial charge is 0.316 e. The molecule has 15 heavy (non-hydrogen) atoms. The van der Waals surface area contributed by atoms with E-state index in [1.807, 2.05) is 31.2 Å². The minimum Gasteiger partial charge on any atom is -0.711 e. The molecular formula is C11H13N3O. The fraction of sp³-hybridized carbons (Fsp3) is 0.273. The third-order valence-electron chi connectivity index (χ3n) is 2.42. The van der Waals surface area contributed by atoms with E-state index in [0.29, 0.717) is 18.1 Å². The van der Waals surface area contributed by atoms with Crippen molar-refractivity contribution in [1.29, 1.82) is 0 Å². The molecule has 0 atom stereocenters. The number of aromatic nitrogens is 2. The molecule has 0 saturated carbocycles. The van der Waals surface area contributed by atoms with Gasteiger partial charge in [-0.1, -0.05) is 12.1 Å². The van der Waals surface area contributed by atoms with Gasteiger partial charge in [-0.15, -0.1) is 0 Å². The van der Waals surface area contributed by atoms with Gasteiger partial charge in [-0.3, -0.25) is 0 Å². The van der Waals surface area contributed by atoms with Crippen molar-refractivity contribution in [2.45, 2.75) is 13.5 Å². The van der Waals surface area contributed by atoms with Crippen LogP contribution in [0.2, 0.25) is 0 Å². The van der Waals surface area contributed by atoms with Crippen molar-refractivity contribution in [1.82, 2.24) is 10.3 Å². The lowest BCUT2D eigenvalue weighted by Crippen LogP contribution is -2.38. The van der Waals surface area contributed by atoms with Crippen molar-refractivity contribution in [3.05, 3.63) is 41.0 Å². The Kier molecular flexibility index (Phi) is 2.51. The van der Waals surface area contributed by atoms with Gasteiger partial charge in [-0.05, 0) is 31.1 Å². The number of para-hydroxylation sites is 1. The number of fused-ring (bicyclic) bond motifs is 1. The molecular weight excluding hydrogens is 190 g/mol. The van der Waals surface area contributed by atoms with E-state index in [1.165, 1.54) is 0 Å². The molecule has 0 amide bonds. The van der Waals surface area contributed by atoms with Gasteiger partial charge >= 0.3 is 5.82 Å². The Morgan fingerprint density at radius 2 is 2.13 bits per heavy atom. The standard InChI is InChI=1S/C11H13N3O/c1-8-9-5-3-4-6-10(9)13-11(7-12-2)14(8)15/h3-6,12H,7H2,1-2H3. The Bertz CT molecular complexity index is 496. The number of benzene rings is 1. The average molecular weight is 203 g/mol. The normalized spacial score (nSPS) is 10.8. The fourth-order valence-corrected chi connectivity index (χ4v) is 1.63. The number of nitrogens with one attached hydrogen (secondary N) is 1. The summed E-state index contributed by atoms with van der Waals surface area (Å²) >= 11 is 0. The van der Waals surface area contributed by atoms with Gasteiger partial charge < -0.3 is 10.5 Å². The number of aryl methyl sites for hydroxylation is 1.